The van der Waals surface area contributed by atoms with E-state index in [1.807, 2.05) is 32.3 Å². The average molecular weight is 210 g/mol. The Labute approximate surface area is 90.8 Å². The van der Waals surface area contributed by atoms with E-state index in [2.05, 4.69) is 10.2 Å². The average Bonchev–Trinajstić information content (AvgIpc) is 2.28. The van der Waals surface area contributed by atoms with E-state index in [0.29, 0.717) is 0 Å². The summed E-state index contributed by atoms with van der Waals surface area (Å²) >= 11 is 0. The Hall–Kier alpha value is -1.42. The van der Waals surface area contributed by atoms with Crippen molar-refractivity contribution in [2.24, 2.45) is 0 Å². The van der Waals surface area contributed by atoms with Gasteiger partial charge in [-0.3, -0.25) is 0 Å². The van der Waals surface area contributed by atoms with Crippen LogP contribution in [0.25, 0.3) is 0 Å². The van der Waals surface area contributed by atoms with Gasteiger partial charge in [0, 0.05) is 18.8 Å². The van der Waals surface area contributed by atoms with Crippen LogP contribution in [0.15, 0.2) is 18.2 Å². The third-order valence-electron chi connectivity index (χ3n) is 2.20. The van der Waals surface area contributed by atoms with Gasteiger partial charge in [0.25, 0.3) is 0 Å². The van der Waals surface area contributed by atoms with Gasteiger partial charge in [-0.15, -0.1) is 0 Å². The zero-order chi connectivity index (χ0) is 11.3. The van der Waals surface area contributed by atoms with Crippen LogP contribution in [0.1, 0.15) is 0 Å². The fraction of sp³-hybridized carbons (Fsp3) is 0.455. The van der Waals surface area contributed by atoms with Gasteiger partial charge in [-0.25, -0.2) is 0 Å². The normalized spacial score (nSPS) is 9.87. The standard InChI is InChI=1S/C11H18N2O2/c1-12-8-13(2)9-5-6-10(14-3)11(7-9)15-4/h5-7,12H,8H2,1-4H3. The largest absolute Gasteiger partial charge is 0.493 e. The molecule has 0 aliphatic rings. The van der Waals surface area contributed by atoms with Crippen LogP contribution >= 0.6 is 0 Å². The number of hydrogen-bond acceptors (Lipinski definition) is 4. The molecule has 0 bridgehead atoms. The van der Waals surface area contributed by atoms with Crippen molar-refractivity contribution in [1.82, 2.24) is 5.32 Å². The molecule has 0 aliphatic heterocycles. The quantitative estimate of drug-likeness (QED) is 0.743. The molecule has 0 fully saturated rings. The van der Waals surface area contributed by atoms with Gasteiger partial charge in [0.1, 0.15) is 0 Å². The first-order valence-electron chi connectivity index (χ1n) is 4.80. The molecule has 0 heterocycles. The van der Waals surface area contributed by atoms with Gasteiger partial charge in [0.15, 0.2) is 11.5 Å². The van der Waals surface area contributed by atoms with Crippen LogP contribution in [0.2, 0.25) is 0 Å². The second kappa shape index (κ2) is 5.46. The molecule has 0 saturated carbocycles. The molecule has 0 saturated heterocycles. The number of rotatable bonds is 5. The fourth-order valence-corrected chi connectivity index (χ4v) is 1.39. The lowest BCUT2D eigenvalue weighted by Gasteiger charge is -2.20. The molecule has 1 rings (SSSR count). The lowest BCUT2D eigenvalue weighted by Crippen LogP contribution is -2.28. The van der Waals surface area contributed by atoms with Gasteiger partial charge in [-0.05, 0) is 19.2 Å². The molecule has 0 spiro atoms. The zero-order valence-corrected chi connectivity index (χ0v) is 9.70. The summed E-state index contributed by atoms with van der Waals surface area (Å²) in [4.78, 5) is 2.09. The topological polar surface area (TPSA) is 33.7 Å². The molecule has 0 amide bonds. The molecule has 0 atom stereocenters. The monoisotopic (exact) mass is 210 g/mol. The van der Waals surface area contributed by atoms with E-state index in [0.717, 1.165) is 23.9 Å². The Bertz CT molecular complexity index is 315. The molecule has 1 aromatic carbocycles. The molecule has 84 valence electrons. The highest BCUT2D eigenvalue weighted by atomic mass is 16.5. The molecule has 4 heteroatoms. The predicted octanol–water partition coefficient (Wildman–Crippen LogP) is 1.32. The number of nitrogens with zero attached hydrogens (tertiary/aromatic N) is 1. The van der Waals surface area contributed by atoms with Crippen LogP contribution in [-0.2, 0) is 0 Å². The minimum atomic E-state index is 0.748. The molecule has 4 nitrogen and oxygen atoms in total. The highest BCUT2D eigenvalue weighted by Crippen LogP contribution is 2.30. The van der Waals surface area contributed by atoms with Gasteiger partial charge >= 0.3 is 0 Å². The maximum Gasteiger partial charge on any atom is 0.162 e. The van der Waals surface area contributed by atoms with Crippen LogP contribution in [0.4, 0.5) is 5.69 Å². The van der Waals surface area contributed by atoms with Crippen molar-refractivity contribution in [2.75, 3.05) is 39.9 Å². The molecular formula is C11H18N2O2. The van der Waals surface area contributed by atoms with E-state index in [9.17, 15) is 0 Å². The van der Waals surface area contributed by atoms with Gasteiger partial charge in [-0.1, -0.05) is 0 Å². The molecular weight excluding hydrogens is 192 g/mol. The third kappa shape index (κ3) is 2.76. The zero-order valence-electron chi connectivity index (χ0n) is 9.70. The Morgan fingerprint density at radius 2 is 1.87 bits per heavy atom. The first kappa shape index (κ1) is 11.7. The Balaban J connectivity index is 2.92. The number of ether oxygens (including phenoxy) is 2. The molecule has 0 radical (unpaired) electrons. The van der Waals surface area contributed by atoms with Crippen molar-refractivity contribution in [3.05, 3.63) is 18.2 Å². The summed E-state index contributed by atoms with van der Waals surface area (Å²) in [7, 11) is 7.20. The number of benzene rings is 1. The molecule has 0 aromatic heterocycles. The fourth-order valence-electron chi connectivity index (χ4n) is 1.39. The molecule has 1 N–H and O–H groups in total. The van der Waals surface area contributed by atoms with Crippen molar-refractivity contribution >= 4 is 5.69 Å². The second-order valence-corrected chi connectivity index (χ2v) is 3.25. The SMILES string of the molecule is CNCN(C)c1ccc(OC)c(OC)c1. The summed E-state index contributed by atoms with van der Waals surface area (Å²) in [6.45, 7) is 0.787. The summed E-state index contributed by atoms with van der Waals surface area (Å²) < 4.78 is 10.4. The summed E-state index contributed by atoms with van der Waals surface area (Å²) in [5.74, 6) is 1.50. The van der Waals surface area contributed by atoms with E-state index in [1.54, 1.807) is 14.2 Å². The molecule has 0 aliphatic carbocycles. The predicted molar refractivity (Wildman–Crippen MR) is 61.9 cm³/mol. The lowest BCUT2D eigenvalue weighted by molar-refractivity contribution is 0.355. The van der Waals surface area contributed by atoms with Crippen LogP contribution in [-0.4, -0.2) is 35.0 Å². The van der Waals surface area contributed by atoms with Crippen LogP contribution < -0.4 is 19.7 Å². The number of nitrogens with one attached hydrogen (secondary N) is 1. The minimum absolute atomic E-state index is 0.748. The Morgan fingerprint density at radius 1 is 1.20 bits per heavy atom. The summed E-state index contributed by atoms with van der Waals surface area (Å²) in [5, 5.41) is 3.09. The first-order chi connectivity index (χ1) is 7.22. The highest BCUT2D eigenvalue weighted by molar-refractivity contribution is 5.55. The van der Waals surface area contributed by atoms with E-state index in [4.69, 9.17) is 9.47 Å². The van der Waals surface area contributed by atoms with Crippen molar-refractivity contribution < 1.29 is 9.47 Å². The van der Waals surface area contributed by atoms with Crippen molar-refractivity contribution in [2.45, 2.75) is 0 Å². The maximum atomic E-state index is 5.23. The van der Waals surface area contributed by atoms with Gasteiger partial charge in [-0.2, -0.15) is 0 Å². The van der Waals surface area contributed by atoms with Gasteiger partial charge < -0.3 is 19.7 Å². The van der Waals surface area contributed by atoms with Crippen molar-refractivity contribution in [3.8, 4) is 11.5 Å². The Morgan fingerprint density at radius 3 is 2.40 bits per heavy atom. The second-order valence-electron chi connectivity index (χ2n) is 3.25. The Kier molecular flexibility index (Phi) is 4.24. The lowest BCUT2D eigenvalue weighted by atomic mass is 10.2. The van der Waals surface area contributed by atoms with E-state index >= 15 is 0 Å². The van der Waals surface area contributed by atoms with Crippen LogP contribution in [0, 0.1) is 0 Å². The summed E-state index contributed by atoms with van der Waals surface area (Å²) in [6.07, 6.45) is 0. The minimum Gasteiger partial charge on any atom is -0.493 e. The number of methoxy groups -OCH3 is 2. The smallest absolute Gasteiger partial charge is 0.162 e. The summed E-state index contributed by atoms with van der Waals surface area (Å²) in [5.41, 5.74) is 1.09. The third-order valence-corrected chi connectivity index (χ3v) is 2.20. The summed E-state index contributed by atoms with van der Waals surface area (Å²) in [6, 6.07) is 5.86. The maximum absolute atomic E-state index is 5.23. The molecule has 15 heavy (non-hydrogen) atoms. The van der Waals surface area contributed by atoms with Gasteiger partial charge in [0.05, 0.1) is 20.9 Å². The van der Waals surface area contributed by atoms with Gasteiger partial charge in [0.2, 0.25) is 0 Å². The number of anilines is 1. The van der Waals surface area contributed by atoms with Crippen LogP contribution in [0.3, 0.4) is 0 Å². The molecule has 1 aromatic rings. The van der Waals surface area contributed by atoms with Crippen molar-refractivity contribution in [1.29, 1.82) is 0 Å². The molecule has 0 unspecified atom stereocenters. The van der Waals surface area contributed by atoms with Crippen LogP contribution in [0.5, 0.6) is 11.5 Å². The van der Waals surface area contributed by atoms with E-state index < -0.39 is 0 Å². The van der Waals surface area contributed by atoms with E-state index in [-0.39, 0.29) is 0 Å². The first-order valence-corrected chi connectivity index (χ1v) is 4.80. The van der Waals surface area contributed by atoms with E-state index in [1.165, 1.54) is 0 Å². The highest BCUT2D eigenvalue weighted by Gasteiger charge is 2.06. The van der Waals surface area contributed by atoms with Crippen molar-refractivity contribution in [3.63, 3.8) is 0 Å². The number of hydrogen-bond donors (Lipinski definition) is 1.